The molecule has 0 atom stereocenters. The summed E-state index contributed by atoms with van der Waals surface area (Å²) in [5, 5.41) is 19.4. The zero-order valence-electron chi connectivity index (χ0n) is 10.3. The number of benzene rings is 1. The van der Waals surface area contributed by atoms with Gasteiger partial charge >= 0.3 is 0 Å². The van der Waals surface area contributed by atoms with E-state index in [1.54, 1.807) is 0 Å². The van der Waals surface area contributed by atoms with E-state index in [1.165, 1.54) is 0 Å². The number of phenolic OH excluding ortho intramolecular Hbond substituents is 1. The maximum Gasteiger partial charge on any atom is 0.128 e. The van der Waals surface area contributed by atoms with Gasteiger partial charge in [-0.1, -0.05) is 0 Å². The second-order valence-corrected chi connectivity index (χ2v) is 4.36. The Hall–Kier alpha value is -1.64. The molecule has 0 aliphatic carbocycles. The Bertz CT molecular complexity index is 588. The van der Waals surface area contributed by atoms with Gasteiger partial charge in [-0.2, -0.15) is 5.10 Å². The number of phenols is 1. The lowest BCUT2D eigenvalue weighted by Crippen LogP contribution is -1.99. The van der Waals surface area contributed by atoms with E-state index < -0.39 is 0 Å². The SMILES string of the molecule is Cc1nnc2c(C)c(C)c(C)c(O)c2c1C. The smallest absolute Gasteiger partial charge is 0.128 e. The van der Waals surface area contributed by atoms with Gasteiger partial charge in [-0.15, -0.1) is 5.10 Å². The summed E-state index contributed by atoms with van der Waals surface area (Å²) in [6.45, 7) is 9.84. The fraction of sp³-hybridized carbons (Fsp3) is 0.385. The molecule has 3 nitrogen and oxygen atoms in total. The van der Waals surface area contributed by atoms with Crippen LogP contribution < -0.4 is 0 Å². The van der Waals surface area contributed by atoms with Gasteiger partial charge in [-0.3, -0.25) is 0 Å². The summed E-state index contributed by atoms with van der Waals surface area (Å²) >= 11 is 0. The molecular weight excluding hydrogens is 200 g/mol. The zero-order valence-corrected chi connectivity index (χ0v) is 10.3. The van der Waals surface area contributed by atoms with E-state index in [2.05, 4.69) is 10.2 Å². The van der Waals surface area contributed by atoms with Crippen LogP contribution >= 0.6 is 0 Å². The normalized spacial score (nSPS) is 11.1. The predicted molar refractivity (Wildman–Crippen MR) is 64.9 cm³/mol. The highest BCUT2D eigenvalue weighted by Gasteiger charge is 2.15. The molecule has 2 rings (SSSR count). The molecule has 0 saturated carbocycles. The molecule has 16 heavy (non-hydrogen) atoms. The topological polar surface area (TPSA) is 46.0 Å². The number of nitrogens with zero attached hydrogens (tertiary/aromatic N) is 2. The summed E-state index contributed by atoms with van der Waals surface area (Å²) in [5.41, 5.74) is 5.80. The van der Waals surface area contributed by atoms with Gasteiger partial charge in [0.2, 0.25) is 0 Å². The van der Waals surface area contributed by atoms with Crippen molar-refractivity contribution >= 4 is 10.9 Å². The van der Waals surface area contributed by atoms with Gasteiger partial charge in [0, 0.05) is 5.39 Å². The molecule has 84 valence electrons. The maximum absolute atomic E-state index is 10.2. The van der Waals surface area contributed by atoms with Crippen molar-refractivity contribution in [3.63, 3.8) is 0 Å². The number of hydrogen-bond acceptors (Lipinski definition) is 3. The summed E-state index contributed by atoms with van der Waals surface area (Å²) in [4.78, 5) is 0. The van der Waals surface area contributed by atoms with E-state index in [1.807, 2.05) is 34.6 Å². The Labute approximate surface area is 95.1 Å². The highest BCUT2D eigenvalue weighted by Crippen LogP contribution is 2.35. The minimum absolute atomic E-state index is 0.341. The van der Waals surface area contributed by atoms with E-state index in [0.717, 1.165) is 38.9 Å². The maximum atomic E-state index is 10.2. The minimum Gasteiger partial charge on any atom is -0.507 e. The Morgan fingerprint density at radius 2 is 1.38 bits per heavy atom. The molecule has 0 saturated heterocycles. The van der Waals surface area contributed by atoms with Crippen LogP contribution in [0.1, 0.15) is 27.9 Å². The van der Waals surface area contributed by atoms with Crippen molar-refractivity contribution in [1.82, 2.24) is 10.2 Å². The quantitative estimate of drug-likeness (QED) is 0.736. The molecule has 0 unspecified atom stereocenters. The first-order chi connectivity index (χ1) is 7.45. The van der Waals surface area contributed by atoms with Gasteiger partial charge in [0.05, 0.1) is 5.69 Å². The van der Waals surface area contributed by atoms with Gasteiger partial charge in [0.1, 0.15) is 11.3 Å². The Morgan fingerprint density at radius 3 is 2.00 bits per heavy atom. The van der Waals surface area contributed by atoms with Crippen LogP contribution in [0.25, 0.3) is 10.9 Å². The lowest BCUT2D eigenvalue weighted by molar-refractivity contribution is 0.476. The van der Waals surface area contributed by atoms with Crippen molar-refractivity contribution in [2.24, 2.45) is 0 Å². The average Bonchev–Trinajstić information content (AvgIpc) is 2.27. The van der Waals surface area contributed by atoms with Crippen LogP contribution in [-0.4, -0.2) is 15.3 Å². The molecule has 0 spiro atoms. The molecule has 0 aliphatic heterocycles. The van der Waals surface area contributed by atoms with Gasteiger partial charge in [-0.25, -0.2) is 0 Å². The summed E-state index contributed by atoms with van der Waals surface area (Å²) in [5.74, 6) is 0.341. The highest BCUT2D eigenvalue weighted by molar-refractivity contribution is 5.92. The minimum atomic E-state index is 0.341. The van der Waals surface area contributed by atoms with E-state index in [4.69, 9.17) is 0 Å². The van der Waals surface area contributed by atoms with Crippen LogP contribution in [0.4, 0.5) is 0 Å². The van der Waals surface area contributed by atoms with Crippen molar-refractivity contribution in [1.29, 1.82) is 0 Å². The molecule has 1 N–H and O–H groups in total. The Morgan fingerprint density at radius 1 is 0.750 bits per heavy atom. The van der Waals surface area contributed by atoms with Crippen molar-refractivity contribution in [2.45, 2.75) is 34.6 Å². The van der Waals surface area contributed by atoms with Gasteiger partial charge in [-0.05, 0) is 56.9 Å². The van der Waals surface area contributed by atoms with Crippen molar-refractivity contribution in [3.05, 3.63) is 27.9 Å². The Balaban J connectivity index is 3.09. The molecule has 0 fully saturated rings. The van der Waals surface area contributed by atoms with Crippen molar-refractivity contribution in [2.75, 3.05) is 0 Å². The molecule has 3 heteroatoms. The number of aryl methyl sites for hydroxylation is 3. The van der Waals surface area contributed by atoms with E-state index in [9.17, 15) is 5.11 Å². The number of fused-ring (bicyclic) bond motifs is 1. The largest absolute Gasteiger partial charge is 0.507 e. The first kappa shape index (κ1) is 10.9. The van der Waals surface area contributed by atoms with E-state index >= 15 is 0 Å². The summed E-state index contributed by atoms with van der Waals surface area (Å²) in [7, 11) is 0. The summed E-state index contributed by atoms with van der Waals surface area (Å²) < 4.78 is 0. The Kier molecular flexibility index (Phi) is 2.34. The fourth-order valence-corrected chi connectivity index (χ4v) is 1.98. The van der Waals surface area contributed by atoms with Crippen LogP contribution in [0.5, 0.6) is 5.75 Å². The second-order valence-electron chi connectivity index (χ2n) is 4.36. The van der Waals surface area contributed by atoms with E-state index in [0.29, 0.717) is 5.75 Å². The van der Waals surface area contributed by atoms with Crippen molar-refractivity contribution < 1.29 is 5.11 Å². The third-order valence-electron chi connectivity index (χ3n) is 3.53. The van der Waals surface area contributed by atoms with Gasteiger partial charge in [0.15, 0.2) is 0 Å². The molecule has 1 aromatic heterocycles. The summed E-state index contributed by atoms with van der Waals surface area (Å²) in [6, 6.07) is 0. The third-order valence-corrected chi connectivity index (χ3v) is 3.53. The van der Waals surface area contributed by atoms with Crippen LogP contribution in [0.3, 0.4) is 0 Å². The fourth-order valence-electron chi connectivity index (χ4n) is 1.98. The molecule has 0 amide bonds. The average molecular weight is 216 g/mol. The molecular formula is C13H16N2O. The van der Waals surface area contributed by atoms with Crippen LogP contribution in [-0.2, 0) is 0 Å². The number of aromatic hydroxyl groups is 1. The lowest BCUT2D eigenvalue weighted by atomic mass is 9.96. The molecule has 0 bridgehead atoms. The first-order valence-electron chi connectivity index (χ1n) is 5.37. The molecule has 0 aliphatic rings. The van der Waals surface area contributed by atoms with Crippen LogP contribution in [0.2, 0.25) is 0 Å². The lowest BCUT2D eigenvalue weighted by Gasteiger charge is -2.13. The third kappa shape index (κ3) is 1.28. The summed E-state index contributed by atoms with van der Waals surface area (Å²) in [6.07, 6.45) is 0. The number of aromatic nitrogens is 2. The molecule has 2 aromatic rings. The zero-order chi connectivity index (χ0) is 12.0. The van der Waals surface area contributed by atoms with Gasteiger partial charge in [0.25, 0.3) is 0 Å². The van der Waals surface area contributed by atoms with Crippen LogP contribution in [0.15, 0.2) is 0 Å². The molecule has 1 aromatic carbocycles. The monoisotopic (exact) mass is 216 g/mol. The van der Waals surface area contributed by atoms with Crippen LogP contribution in [0, 0.1) is 34.6 Å². The predicted octanol–water partition coefficient (Wildman–Crippen LogP) is 2.88. The second kappa shape index (κ2) is 3.44. The van der Waals surface area contributed by atoms with E-state index in [-0.39, 0.29) is 0 Å². The molecule has 1 heterocycles. The number of rotatable bonds is 0. The standard InChI is InChI=1S/C13H16N2O/c1-6-7(2)12-11(13(16)8(6)3)9(4)10(5)14-15-12/h16H,1-5H3. The number of hydrogen-bond donors (Lipinski definition) is 1. The highest BCUT2D eigenvalue weighted by atomic mass is 16.3. The molecule has 0 radical (unpaired) electrons. The van der Waals surface area contributed by atoms with Crippen molar-refractivity contribution in [3.8, 4) is 5.75 Å². The first-order valence-corrected chi connectivity index (χ1v) is 5.37. The van der Waals surface area contributed by atoms with Gasteiger partial charge < -0.3 is 5.11 Å².